The van der Waals surface area contributed by atoms with Crippen molar-refractivity contribution >= 4 is 23.2 Å². The Kier molecular flexibility index (Phi) is 3.91. The molecule has 158 valence electrons. The molecule has 0 unspecified atom stereocenters. The first kappa shape index (κ1) is 18.4. The summed E-state index contributed by atoms with van der Waals surface area (Å²) in [5.74, 6) is 0.480. The summed E-state index contributed by atoms with van der Waals surface area (Å²) in [6.45, 7) is 0. The van der Waals surface area contributed by atoms with Crippen LogP contribution in [0.2, 0.25) is 0 Å². The molecule has 2 aromatic rings. The first-order valence-corrected chi connectivity index (χ1v) is 10.5. The molecule has 6 atom stereocenters. The lowest BCUT2D eigenvalue weighted by Gasteiger charge is -2.29. The Morgan fingerprint density at radius 2 is 1.61 bits per heavy atom. The van der Waals surface area contributed by atoms with E-state index in [-0.39, 0.29) is 47.5 Å². The zero-order valence-electron chi connectivity index (χ0n) is 17.2. The fourth-order valence-electron chi connectivity index (χ4n) is 6.19. The predicted molar refractivity (Wildman–Crippen MR) is 112 cm³/mol. The van der Waals surface area contributed by atoms with Crippen molar-refractivity contribution < 1.29 is 23.9 Å². The van der Waals surface area contributed by atoms with Crippen LogP contribution in [0.3, 0.4) is 0 Å². The molecule has 7 heteroatoms. The van der Waals surface area contributed by atoms with E-state index >= 15 is 0 Å². The van der Waals surface area contributed by atoms with Gasteiger partial charge in [0, 0.05) is 17.4 Å². The largest absolute Gasteiger partial charge is 0.493 e. The third-order valence-electron chi connectivity index (χ3n) is 7.38. The summed E-state index contributed by atoms with van der Waals surface area (Å²) < 4.78 is 10.8. The van der Waals surface area contributed by atoms with E-state index in [0.717, 1.165) is 17.7 Å². The summed E-state index contributed by atoms with van der Waals surface area (Å²) in [5.41, 5.74) is 2.37. The Bertz CT molecular complexity index is 1110. The quantitative estimate of drug-likeness (QED) is 0.714. The summed E-state index contributed by atoms with van der Waals surface area (Å²) in [7, 11) is 3.20. The number of hydrogen-bond acceptors (Lipinski definition) is 6. The summed E-state index contributed by atoms with van der Waals surface area (Å²) in [4.78, 5) is 33.9. The van der Waals surface area contributed by atoms with Crippen LogP contribution in [0.1, 0.15) is 12.0 Å². The molecule has 2 bridgehead atoms. The highest BCUT2D eigenvalue weighted by molar-refractivity contribution is 6.23. The van der Waals surface area contributed by atoms with E-state index in [1.165, 1.54) is 4.90 Å². The van der Waals surface area contributed by atoms with Crippen molar-refractivity contribution in [2.45, 2.75) is 12.5 Å². The van der Waals surface area contributed by atoms with Crippen LogP contribution < -0.4 is 14.4 Å². The molecule has 2 aliphatic heterocycles. The summed E-state index contributed by atoms with van der Waals surface area (Å²) in [6.07, 6.45) is 0.652. The number of hydrogen-bond donors (Lipinski definition) is 0. The third kappa shape index (κ3) is 2.37. The Hall–Kier alpha value is -3.35. The topological polar surface area (TPSA) is 77.4 Å². The van der Waals surface area contributed by atoms with Gasteiger partial charge in [0.25, 0.3) is 0 Å². The van der Waals surface area contributed by atoms with Crippen molar-refractivity contribution in [3.8, 4) is 11.5 Å². The highest BCUT2D eigenvalue weighted by Gasteiger charge is 2.70. The molecule has 31 heavy (non-hydrogen) atoms. The number of rotatable bonds is 4. The molecule has 0 spiro atoms. The number of oxime groups is 1. The number of anilines is 1. The zero-order chi connectivity index (χ0) is 21.3. The first-order valence-electron chi connectivity index (χ1n) is 10.5. The maximum absolute atomic E-state index is 13.4. The van der Waals surface area contributed by atoms with E-state index in [0.29, 0.717) is 17.2 Å². The molecule has 2 aliphatic carbocycles. The SMILES string of the molecule is COc1ccc(C2=NO[C@@H]3[C@@H]4C[C@@H]([C@@H]23)[C@H]2C(=O)N(c3ccccc3)C(=O)[C@H]42)cc1OC. The minimum Gasteiger partial charge on any atom is -0.493 e. The van der Waals surface area contributed by atoms with Gasteiger partial charge in [0.15, 0.2) is 11.5 Å². The van der Waals surface area contributed by atoms with Crippen molar-refractivity contribution in [2.24, 2.45) is 34.7 Å². The van der Waals surface area contributed by atoms with Gasteiger partial charge < -0.3 is 14.3 Å². The maximum atomic E-state index is 13.4. The Labute approximate surface area is 179 Å². The number of carbonyl (C=O) groups excluding carboxylic acids is 2. The number of methoxy groups -OCH3 is 2. The minimum absolute atomic E-state index is 0.00294. The van der Waals surface area contributed by atoms with Gasteiger partial charge in [0.05, 0.1) is 37.5 Å². The lowest BCUT2D eigenvalue weighted by atomic mass is 9.71. The van der Waals surface area contributed by atoms with Crippen LogP contribution in [0, 0.1) is 29.6 Å². The molecule has 0 aromatic heterocycles. The standard InChI is InChI=1S/C24H22N2O5/c1-29-16-9-8-12(10-17(16)30-2)21-20-14-11-15(22(20)31-25-21)19-18(14)23(27)26(24(19)28)13-6-4-3-5-7-13/h3-10,14-15,18-20,22H,11H2,1-2H3/t14-,15-,18-,19-,20+,22-/m1/s1. The normalized spacial score (nSPS) is 32.6. The van der Waals surface area contributed by atoms with Crippen LogP contribution in [0.5, 0.6) is 11.5 Å². The van der Waals surface area contributed by atoms with E-state index in [1.807, 2.05) is 48.5 Å². The molecule has 6 rings (SSSR count). The van der Waals surface area contributed by atoms with Gasteiger partial charge in [0.2, 0.25) is 11.8 Å². The molecule has 2 aromatic carbocycles. The van der Waals surface area contributed by atoms with E-state index in [4.69, 9.17) is 14.3 Å². The summed E-state index contributed by atoms with van der Waals surface area (Å²) in [6, 6.07) is 14.9. The monoisotopic (exact) mass is 418 g/mol. The number of para-hydroxylation sites is 1. The highest BCUT2D eigenvalue weighted by atomic mass is 16.6. The van der Waals surface area contributed by atoms with Crippen molar-refractivity contribution in [2.75, 3.05) is 19.1 Å². The van der Waals surface area contributed by atoms with E-state index in [2.05, 4.69) is 5.16 Å². The maximum Gasteiger partial charge on any atom is 0.238 e. The van der Waals surface area contributed by atoms with Crippen LogP contribution >= 0.6 is 0 Å². The lowest BCUT2D eigenvalue weighted by molar-refractivity contribution is -0.125. The third-order valence-corrected chi connectivity index (χ3v) is 7.38. The van der Waals surface area contributed by atoms with Gasteiger partial charge in [-0.2, -0.15) is 0 Å². The van der Waals surface area contributed by atoms with Crippen molar-refractivity contribution in [3.05, 3.63) is 54.1 Å². The molecule has 2 amide bonds. The van der Waals surface area contributed by atoms with Gasteiger partial charge in [-0.05, 0) is 42.7 Å². The Morgan fingerprint density at radius 3 is 2.32 bits per heavy atom. The molecular weight excluding hydrogens is 396 g/mol. The number of ether oxygens (including phenoxy) is 2. The molecule has 3 fully saturated rings. The second-order valence-corrected chi connectivity index (χ2v) is 8.60. The van der Waals surface area contributed by atoms with Crippen LogP contribution in [0.25, 0.3) is 0 Å². The second-order valence-electron chi connectivity index (χ2n) is 8.60. The molecular formula is C24H22N2O5. The highest BCUT2D eigenvalue weighted by Crippen LogP contribution is 2.62. The van der Waals surface area contributed by atoms with Crippen LogP contribution in [-0.4, -0.2) is 37.8 Å². The molecule has 1 saturated heterocycles. The van der Waals surface area contributed by atoms with Crippen molar-refractivity contribution in [3.63, 3.8) is 0 Å². The van der Waals surface area contributed by atoms with Crippen LogP contribution in [0.15, 0.2) is 53.7 Å². The fraction of sp³-hybridized carbons (Fsp3) is 0.375. The van der Waals surface area contributed by atoms with Gasteiger partial charge in [0.1, 0.15) is 6.10 Å². The summed E-state index contributed by atoms with van der Waals surface area (Å²) >= 11 is 0. The van der Waals surface area contributed by atoms with Crippen molar-refractivity contribution in [1.82, 2.24) is 0 Å². The second kappa shape index (κ2) is 6.57. The number of nitrogens with zero attached hydrogens (tertiary/aromatic N) is 2. The van der Waals surface area contributed by atoms with Gasteiger partial charge in [-0.3, -0.25) is 14.5 Å². The van der Waals surface area contributed by atoms with E-state index in [1.54, 1.807) is 14.2 Å². The number of imide groups is 1. The predicted octanol–water partition coefficient (Wildman–Crippen LogP) is 2.88. The van der Waals surface area contributed by atoms with Crippen molar-refractivity contribution in [1.29, 1.82) is 0 Å². The Balaban J connectivity index is 1.34. The average Bonchev–Trinajstić information content (AvgIpc) is 3.54. The molecule has 4 aliphatic rings. The van der Waals surface area contributed by atoms with E-state index < -0.39 is 0 Å². The van der Waals surface area contributed by atoms with Gasteiger partial charge in [-0.25, -0.2) is 0 Å². The van der Waals surface area contributed by atoms with E-state index in [9.17, 15) is 9.59 Å². The minimum atomic E-state index is -0.320. The van der Waals surface area contributed by atoms with Gasteiger partial charge >= 0.3 is 0 Å². The number of fused-ring (bicyclic) bond motifs is 8. The zero-order valence-corrected chi connectivity index (χ0v) is 17.2. The molecule has 0 N–H and O–H groups in total. The van der Waals surface area contributed by atoms with Gasteiger partial charge in [-0.15, -0.1) is 0 Å². The molecule has 0 radical (unpaired) electrons. The number of carbonyl (C=O) groups is 2. The first-order chi connectivity index (χ1) is 15.1. The molecule has 7 nitrogen and oxygen atoms in total. The number of amides is 2. The fourth-order valence-corrected chi connectivity index (χ4v) is 6.19. The van der Waals surface area contributed by atoms with Crippen LogP contribution in [0.4, 0.5) is 5.69 Å². The smallest absolute Gasteiger partial charge is 0.238 e. The Morgan fingerprint density at radius 1 is 0.903 bits per heavy atom. The molecule has 2 heterocycles. The van der Waals surface area contributed by atoms with Crippen LogP contribution in [-0.2, 0) is 14.4 Å². The molecule has 2 saturated carbocycles. The average molecular weight is 418 g/mol. The summed E-state index contributed by atoms with van der Waals surface area (Å²) in [5, 5.41) is 4.40. The number of benzene rings is 2. The lowest BCUT2D eigenvalue weighted by Crippen LogP contribution is -2.41. The van der Waals surface area contributed by atoms with Gasteiger partial charge in [-0.1, -0.05) is 23.4 Å².